The maximum absolute atomic E-state index is 12.2. The molecular formula is C28H34BrN5O2. The number of aliphatic hydroxyl groups is 1. The fourth-order valence-electron chi connectivity index (χ4n) is 4.60. The Bertz CT molecular complexity index is 1380. The van der Waals surface area contributed by atoms with Gasteiger partial charge in [-0.15, -0.1) is 17.0 Å². The number of imidazole rings is 1. The number of nitrogens with one attached hydrogen (secondary N) is 1. The maximum atomic E-state index is 12.2. The molecule has 190 valence electrons. The summed E-state index contributed by atoms with van der Waals surface area (Å²) in [6.07, 6.45) is 2.36. The number of carbonyl (C=O) groups is 1. The maximum Gasteiger partial charge on any atom is 0.248 e. The number of pyridine rings is 1. The molecule has 2 unspecified atom stereocenters. The van der Waals surface area contributed by atoms with Crippen molar-refractivity contribution in [3.8, 4) is 0 Å². The third kappa shape index (κ3) is 5.60. The van der Waals surface area contributed by atoms with Gasteiger partial charge < -0.3 is 14.6 Å². The van der Waals surface area contributed by atoms with E-state index >= 15 is 0 Å². The first-order valence-electron chi connectivity index (χ1n) is 11.9. The molecule has 7 nitrogen and oxygen atoms in total. The summed E-state index contributed by atoms with van der Waals surface area (Å²) in [4.78, 5) is 18.4. The van der Waals surface area contributed by atoms with Gasteiger partial charge in [0.15, 0.2) is 5.65 Å². The fourth-order valence-corrected chi connectivity index (χ4v) is 4.60. The molecule has 4 aromatic rings. The highest BCUT2D eigenvalue weighted by Gasteiger charge is 2.25. The molecule has 0 fully saturated rings. The Morgan fingerprint density at radius 2 is 1.64 bits per heavy atom. The number of benzene rings is 2. The molecule has 0 saturated carbocycles. The van der Waals surface area contributed by atoms with Crippen LogP contribution in [0.3, 0.4) is 0 Å². The van der Waals surface area contributed by atoms with Gasteiger partial charge in [0.25, 0.3) is 0 Å². The summed E-state index contributed by atoms with van der Waals surface area (Å²) in [7, 11) is 1.69. The van der Waals surface area contributed by atoms with E-state index in [4.69, 9.17) is 0 Å². The number of aromatic nitrogens is 3. The van der Waals surface area contributed by atoms with Gasteiger partial charge in [0.2, 0.25) is 11.5 Å². The second-order valence-corrected chi connectivity index (χ2v) is 9.27. The van der Waals surface area contributed by atoms with Crippen molar-refractivity contribution in [1.82, 2.24) is 19.0 Å². The number of nitrogens with zero attached hydrogens (tertiary/aromatic N) is 4. The molecule has 0 radical (unpaired) electrons. The number of aryl methyl sites for hydroxylation is 2. The average molecular weight is 553 g/mol. The van der Waals surface area contributed by atoms with Crippen molar-refractivity contribution in [3.05, 3.63) is 94.7 Å². The Hall–Kier alpha value is -3.23. The third-order valence-electron chi connectivity index (χ3n) is 6.66. The van der Waals surface area contributed by atoms with Crippen LogP contribution in [0.2, 0.25) is 0 Å². The predicted octanol–water partition coefficient (Wildman–Crippen LogP) is 4.36. The van der Waals surface area contributed by atoms with E-state index in [0.29, 0.717) is 24.2 Å². The molecule has 2 heterocycles. The summed E-state index contributed by atoms with van der Waals surface area (Å²) in [6, 6.07) is 20.3. The monoisotopic (exact) mass is 551 g/mol. The summed E-state index contributed by atoms with van der Waals surface area (Å²) in [5.41, 5.74) is 6.50. The van der Waals surface area contributed by atoms with Gasteiger partial charge in [0, 0.05) is 19.8 Å². The molecule has 2 aromatic heterocycles. The van der Waals surface area contributed by atoms with Crippen molar-refractivity contribution in [2.24, 2.45) is 0 Å². The van der Waals surface area contributed by atoms with Gasteiger partial charge >= 0.3 is 0 Å². The predicted molar refractivity (Wildman–Crippen MR) is 148 cm³/mol. The lowest BCUT2D eigenvalue weighted by Gasteiger charge is -2.25. The molecule has 2 aromatic carbocycles. The van der Waals surface area contributed by atoms with Crippen molar-refractivity contribution in [2.45, 2.75) is 39.3 Å². The number of carbonyl (C=O) groups excluding carboxylic acids is 1. The fraction of sp³-hybridized carbons (Fsp3) is 0.321. The van der Waals surface area contributed by atoms with Gasteiger partial charge in [-0.2, -0.15) is 0 Å². The van der Waals surface area contributed by atoms with Crippen molar-refractivity contribution < 1.29 is 9.90 Å². The Balaban J connectivity index is 0.00000361. The van der Waals surface area contributed by atoms with E-state index in [1.165, 1.54) is 16.0 Å². The Kier molecular flexibility index (Phi) is 8.87. The molecule has 8 heteroatoms. The minimum absolute atomic E-state index is 0. The second-order valence-electron chi connectivity index (χ2n) is 9.27. The van der Waals surface area contributed by atoms with Gasteiger partial charge in [-0.3, -0.25) is 14.8 Å². The van der Waals surface area contributed by atoms with Crippen molar-refractivity contribution in [3.63, 3.8) is 0 Å². The Morgan fingerprint density at radius 3 is 2.25 bits per heavy atom. The lowest BCUT2D eigenvalue weighted by molar-refractivity contribution is -0.133. The zero-order valence-corrected chi connectivity index (χ0v) is 22.9. The van der Waals surface area contributed by atoms with E-state index < -0.39 is 6.61 Å². The highest BCUT2D eigenvalue weighted by atomic mass is 79.9. The quantitative estimate of drug-likeness (QED) is 0.341. The Morgan fingerprint density at radius 1 is 1.03 bits per heavy atom. The molecule has 0 bridgehead atoms. The molecule has 36 heavy (non-hydrogen) atoms. The highest BCUT2D eigenvalue weighted by Crippen LogP contribution is 2.25. The van der Waals surface area contributed by atoms with Crippen LogP contribution in [0.4, 0.5) is 0 Å². The topological polar surface area (TPSA) is 87.1 Å². The summed E-state index contributed by atoms with van der Waals surface area (Å²) in [6.45, 7) is 6.01. The van der Waals surface area contributed by atoms with E-state index in [9.17, 15) is 15.3 Å². The van der Waals surface area contributed by atoms with Crippen molar-refractivity contribution >= 4 is 34.1 Å². The molecule has 0 aliphatic rings. The van der Waals surface area contributed by atoms with Crippen LogP contribution in [-0.4, -0.2) is 50.2 Å². The van der Waals surface area contributed by atoms with Crippen molar-refractivity contribution in [2.75, 3.05) is 20.2 Å². The molecule has 0 aliphatic heterocycles. The van der Waals surface area contributed by atoms with Crippen LogP contribution in [0.1, 0.15) is 41.3 Å². The first-order valence-corrected chi connectivity index (χ1v) is 11.9. The summed E-state index contributed by atoms with van der Waals surface area (Å²) >= 11 is 0. The van der Waals surface area contributed by atoms with Crippen LogP contribution >= 0.6 is 17.0 Å². The van der Waals surface area contributed by atoms with E-state index in [1.54, 1.807) is 13.2 Å². The van der Waals surface area contributed by atoms with Gasteiger partial charge in [0.1, 0.15) is 6.61 Å². The normalized spacial score (nSPS) is 12.7. The minimum atomic E-state index is -0.545. The lowest BCUT2D eigenvalue weighted by atomic mass is 10.0. The zero-order chi connectivity index (χ0) is 25.1. The lowest BCUT2D eigenvalue weighted by Crippen LogP contribution is -2.39. The number of rotatable bonds is 8. The van der Waals surface area contributed by atoms with Gasteiger partial charge in [0.05, 0.1) is 17.6 Å². The number of likely N-dealkylation sites (N-methyl/N-ethyl adjacent to an activating group) is 1. The number of aliphatic hydroxyl groups excluding tert-OH is 1. The van der Waals surface area contributed by atoms with Crippen LogP contribution in [0.25, 0.3) is 11.2 Å². The SMILES string of the molecule is Br.Cc1ccc(CC(CN(C)C(=O)CO)n2c(=N)n(C(C)c3ccc(C)cc3)c3cccnc32)cc1. The van der Waals surface area contributed by atoms with E-state index in [0.717, 1.165) is 16.6 Å². The number of halogens is 1. The van der Waals surface area contributed by atoms with Crippen LogP contribution in [0.15, 0.2) is 66.9 Å². The molecule has 0 spiro atoms. The van der Waals surface area contributed by atoms with E-state index in [2.05, 4.69) is 74.3 Å². The van der Waals surface area contributed by atoms with Crippen LogP contribution < -0.4 is 5.62 Å². The first-order chi connectivity index (χ1) is 16.8. The largest absolute Gasteiger partial charge is 0.387 e. The number of amides is 1. The number of fused-ring (bicyclic) bond motifs is 1. The zero-order valence-electron chi connectivity index (χ0n) is 21.2. The molecule has 1 amide bonds. The number of hydrogen-bond acceptors (Lipinski definition) is 4. The standard InChI is InChI=1S/C28H33N5O2.BrH/c1-19-7-11-22(12-8-19)16-24(17-31(4)26(35)18-34)33-27-25(6-5-15-30-27)32(28(33)29)21(3)23-13-9-20(2)10-14-23;/h5-15,21,24,29,34H,16-18H2,1-4H3;1H. The van der Waals surface area contributed by atoms with Crippen LogP contribution in [-0.2, 0) is 11.2 Å². The van der Waals surface area contributed by atoms with Crippen molar-refractivity contribution in [1.29, 1.82) is 5.41 Å². The highest BCUT2D eigenvalue weighted by molar-refractivity contribution is 8.93. The van der Waals surface area contributed by atoms with E-state index in [1.807, 2.05) is 21.3 Å². The summed E-state index contributed by atoms with van der Waals surface area (Å²) in [5, 5.41) is 18.7. The molecule has 0 aliphatic carbocycles. The summed E-state index contributed by atoms with van der Waals surface area (Å²) < 4.78 is 3.93. The van der Waals surface area contributed by atoms with E-state index in [-0.39, 0.29) is 35.0 Å². The van der Waals surface area contributed by atoms with Gasteiger partial charge in [-0.25, -0.2) is 4.98 Å². The third-order valence-corrected chi connectivity index (χ3v) is 6.66. The minimum Gasteiger partial charge on any atom is -0.387 e. The van der Waals surface area contributed by atoms with Crippen LogP contribution in [0.5, 0.6) is 0 Å². The molecular weight excluding hydrogens is 518 g/mol. The van der Waals surface area contributed by atoms with Gasteiger partial charge in [-0.05, 0) is 50.5 Å². The number of hydrogen-bond donors (Lipinski definition) is 2. The smallest absolute Gasteiger partial charge is 0.248 e. The molecule has 2 atom stereocenters. The molecule has 0 saturated heterocycles. The second kappa shape index (κ2) is 11.7. The molecule has 4 rings (SSSR count). The summed E-state index contributed by atoms with van der Waals surface area (Å²) in [5.74, 6) is -0.351. The first kappa shape index (κ1) is 27.4. The van der Waals surface area contributed by atoms with Gasteiger partial charge in [-0.1, -0.05) is 59.7 Å². The van der Waals surface area contributed by atoms with Crippen LogP contribution in [0, 0.1) is 19.3 Å². The average Bonchev–Trinajstić information content (AvgIpc) is 3.16. The Labute approximate surface area is 222 Å². The molecule has 2 N–H and O–H groups in total.